The highest BCUT2D eigenvalue weighted by molar-refractivity contribution is 5.54. The van der Waals surface area contributed by atoms with Crippen molar-refractivity contribution in [3.63, 3.8) is 0 Å². The van der Waals surface area contributed by atoms with Crippen LogP contribution in [0, 0.1) is 22.9 Å². The lowest BCUT2D eigenvalue weighted by Crippen LogP contribution is -2.08. The molecule has 2 aromatic carbocycles. The largest absolute Gasteiger partial charge is 0.378 e. The molecule has 1 N–H and O–H groups in total. The van der Waals surface area contributed by atoms with Gasteiger partial charge in [0.05, 0.1) is 11.0 Å². The van der Waals surface area contributed by atoms with Crippen LogP contribution in [0.5, 0.6) is 0 Å². The Morgan fingerprint density at radius 1 is 1.25 bits per heavy atom. The van der Waals surface area contributed by atoms with Gasteiger partial charge in [0.25, 0.3) is 5.69 Å². The molecule has 0 aliphatic heterocycles. The lowest BCUT2D eigenvalue weighted by atomic mass is 10.1. The first-order valence-corrected chi connectivity index (χ1v) is 6.24. The summed E-state index contributed by atoms with van der Waals surface area (Å²) in [6.45, 7) is 3.60. The highest BCUT2D eigenvalue weighted by Gasteiger charge is 2.13. The zero-order chi connectivity index (χ0) is 14.7. The third-order valence-electron chi connectivity index (χ3n) is 3.03. The van der Waals surface area contributed by atoms with Crippen LogP contribution in [0.25, 0.3) is 0 Å². The monoisotopic (exact) mass is 274 g/mol. The summed E-state index contributed by atoms with van der Waals surface area (Å²) in [4.78, 5) is 10.4. The van der Waals surface area contributed by atoms with Gasteiger partial charge in [-0.3, -0.25) is 10.1 Å². The zero-order valence-corrected chi connectivity index (χ0v) is 11.3. The maximum atomic E-state index is 13.7. The van der Waals surface area contributed by atoms with Crippen molar-refractivity contribution in [1.82, 2.24) is 0 Å². The van der Waals surface area contributed by atoms with Crippen molar-refractivity contribution in [3.8, 4) is 0 Å². The van der Waals surface area contributed by atoms with E-state index >= 15 is 0 Å². The fourth-order valence-corrected chi connectivity index (χ4v) is 2.11. The molecule has 20 heavy (non-hydrogen) atoms. The number of aryl methyl sites for hydroxylation is 1. The van der Waals surface area contributed by atoms with Crippen LogP contribution in [0.3, 0.4) is 0 Å². The van der Waals surface area contributed by atoms with Crippen molar-refractivity contribution in [2.45, 2.75) is 19.9 Å². The second kappa shape index (κ2) is 5.69. The van der Waals surface area contributed by atoms with Crippen molar-refractivity contribution in [1.29, 1.82) is 0 Å². The van der Waals surface area contributed by atoms with Crippen molar-refractivity contribution < 1.29 is 9.31 Å². The molecule has 0 amide bonds. The van der Waals surface area contributed by atoms with E-state index in [1.165, 1.54) is 18.2 Å². The van der Waals surface area contributed by atoms with Gasteiger partial charge >= 0.3 is 0 Å². The first-order valence-electron chi connectivity index (χ1n) is 6.24. The van der Waals surface area contributed by atoms with E-state index in [4.69, 9.17) is 0 Å². The summed E-state index contributed by atoms with van der Waals surface area (Å²) >= 11 is 0. The summed E-state index contributed by atoms with van der Waals surface area (Å²) in [7, 11) is 0. The highest BCUT2D eigenvalue weighted by atomic mass is 19.1. The van der Waals surface area contributed by atoms with Crippen LogP contribution in [0.1, 0.15) is 24.1 Å². The van der Waals surface area contributed by atoms with E-state index in [0.29, 0.717) is 11.3 Å². The van der Waals surface area contributed by atoms with Crippen LogP contribution in [0.15, 0.2) is 42.5 Å². The standard InChI is InChI=1S/C15H15FN2O2/c1-10-7-12(9-13(8-10)18(19)20)17-11(2)14-5-3-4-6-15(14)16/h3-9,11,17H,1-2H3. The maximum absolute atomic E-state index is 13.7. The third-order valence-corrected chi connectivity index (χ3v) is 3.03. The summed E-state index contributed by atoms with van der Waals surface area (Å²) in [6, 6.07) is 10.9. The molecule has 0 aromatic heterocycles. The van der Waals surface area contributed by atoms with Crippen LogP contribution < -0.4 is 5.32 Å². The number of non-ortho nitro benzene ring substituents is 1. The van der Waals surface area contributed by atoms with Gasteiger partial charge in [-0.05, 0) is 31.5 Å². The summed E-state index contributed by atoms with van der Waals surface area (Å²) < 4.78 is 13.7. The number of anilines is 1. The molecule has 0 bridgehead atoms. The van der Waals surface area contributed by atoms with Gasteiger partial charge in [0.1, 0.15) is 5.82 Å². The first-order chi connectivity index (χ1) is 9.47. The molecule has 1 atom stereocenters. The van der Waals surface area contributed by atoms with Gasteiger partial charge < -0.3 is 5.32 Å². The lowest BCUT2D eigenvalue weighted by Gasteiger charge is -2.16. The molecule has 1 unspecified atom stereocenters. The van der Waals surface area contributed by atoms with Crippen LogP contribution in [-0.4, -0.2) is 4.92 Å². The Kier molecular flexibility index (Phi) is 3.98. The minimum Gasteiger partial charge on any atom is -0.378 e. The summed E-state index contributed by atoms with van der Waals surface area (Å²) in [6.07, 6.45) is 0. The number of hydrogen-bond acceptors (Lipinski definition) is 3. The highest BCUT2D eigenvalue weighted by Crippen LogP contribution is 2.25. The number of hydrogen-bond donors (Lipinski definition) is 1. The molecule has 0 saturated carbocycles. The summed E-state index contributed by atoms with van der Waals surface area (Å²) in [5.74, 6) is -0.297. The summed E-state index contributed by atoms with van der Waals surface area (Å²) in [5.41, 5.74) is 1.93. The Balaban J connectivity index is 2.26. The number of nitrogens with one attached hydrogen (secondary N) is 1. The van der Waals surface area contributed by atoms with Crippen molar-refractivity contribution in [3.05, 3.63) is 69.5 Å². The number of nitrogens with zero attached hydrogens (tertiary/aromatic N) is 1. The van der Waals surface area contributed by atoms with Crippen molar-refractivity contribution in [2.24, 2.45) is 0 Å². The van der Waals surface area contributed by atoms with Gasteiger partial charge in [-0.15, -0.1) is 0 Å². The number of nitro groups is 1. The molecular formula is C15H15FN2O2. The van der Waals surface area contributed by atoms with E-state index in [2.05, 4.69) is 5.32 Å². The molecule has 0 heterocycles. The molecule has 104 valence electrons. The molecule has 5 heteroatoms. The summed E-state index contributed by atoms with van der Waals surface area (Å²) in [5, 5.41) is 13.9. The Morgan fingerprint density at radius 3 is 2.60 bits per heavy atom. The van der Waals surface area contributed by atoms with E-state index in [-0.39, 0.29) is 17.5 Å². The minimum atomic E-state index is -0.439. The number of benzene rings is 2. The molecule has 0 saturated heterocycles. The van der Waals surface area contributed by atoms with Gasteiger partial charge in [-0.1, -0.05) is 18.2 Å². The predicted octanol–water partition coefficient (Wildman–Crippen LogP) is 4.22. The third kappa shape index (κ3) is 3.12. The van der Waals surface area contributed by atoms with E-state index < -0.39 is 4.92 Å². The van der Waals surface area contributed by atoms with Crippen LogP contribution >= 0.6 is 0 Å². The molecule has 2 aromatic rings. The Morgan fingerprint density at radius 2 is 1.95 bits per heavy atom. The molecular weight excluding hydrogens is 259 g/mol. The van der Waals surface area contributed by atoms with Gasteiger partial charge in [-0.25, -0.2) is 4.39 Å². The fraction of sp³-hybridized carbons (Fsp3) is 0.200. The van der Waals surface area contributed by atoms with Crippen molar-refractivity contribution >= 4 is 11.4 Å². The number of rotatable bonds is 4. The Bertz CT molecular complexity index is 644. The second-order valence-corrected chi connectivity index (χ2v) is 4.70. The van der Waals surface area contributed by atoms with Crippen LogP contribution in [0.4, 0.5) is 15.8 Å². The second-order valence-electron chi connectivity index (χ2n) is 4.70. The van der Waals surface area contributed by atoms with Gasteiger partial charge in [0, 0.05) is 23.4 Å². The van der Waals surface area contributed by atoms with E-state index in [9.17, 15) is 14.5 Å². The fourth-order valence-electron chi connectivity index (χ4n) is 2.11. The molecule has 0 aliphatic carbocycles. The van der Waals surface area contributed by atoms with E-state index in [1.807, 2.05) is 6.92 Å². The molecule has 0 spiro atoms. The molecule has 0 aliphatic rings. The predicted molar refractivity (Wildman–Crippen MR) is 76.3 cm³/mol. The normalized spacial score (nSPS) is 11.9. The van der Waals surface area contributed by atoms with E-state index in [1.54, 1.807) is 31.2 Å². The Hall–Kier alpha value is -2.43. The number of halogens is 1. The van der Waals surface area contributed by atoms with E-state index in [0.717, 1.165) is 5.56 Å². The molecule has 0 fully saturated rings. The van der Waals surface area contributed by atoms with Crippen LogP contribution in [0.2, 0.25) is 0 Å². The SMILES string of the molecule is Cc1cc(NC(C)c2ccccc2F)cc([N+](=O)[O-])c1. The van der Waals surface area contributed by atoms with Crippen molar-refractivity contribution in [2.75, 3.05) is 5.32 Å². The Labute approximate surface area is 116 Å². The van der Waals surface area contributed by atoms with Gasteiger partial charge in [-0.2, -0.15) is 0 Å². The maximum Gasteiger partial charge on any atom is 0.271 e. The van der Waals surface area contributed by atoms with Gasteiger partial charge in [0.2, 0.25) is 0 Å². The topological polar surface area (TPSA) is 55.2 Å². The first kappa shape index (κ1) is 14.0. The quantitative estimate of drug-likeness (QED) is 0.671. The average molecular weight is 274 g/mol. The lowest BCUT2D eigenvalue weighted by molar-refractivity contribution is -0.384. The smallest absolute Gasteiger partial charge is 0.271 e. The van der Waals surface area contributed by atoms with Crippen LogP contribution in [-0.2, 0) is 0 Å². The molecule has 2 rings (SSSR count). The average Bonchev–Trinajstić information content (AvgIpc) is 2.38. The number of nitro benzene ring substituents is 1. The minimum absolute atomic E-state index is 0.0215. The molecule has 4 nitrogen and oxygen atoms in total. The molecule has 0 radical (unpaired) electrons. The zero-order valence-electron chi connectivity index (χ0n) is 11.3. The van der Waals surface area contributed by atoms with Gasteiger partial charge in [0.15, 0.2) is 0 Å².